The van der Waals surface area contributed by atoms with Crippen molar-refractivity contribution < 1.29 is 23.8 Å². The molecule has 9 heteroatoms. The fourth-order valence-electron chi connectivity index (χ4n) is 5.46. The van der Waals surface area contributed by atoms with Crippen LogP contribution in [0.4, 0.5) is 10.5 Å². The van der Waals surface area contributed by atoms with Gasteiger partial charge in [-0.25, -0.2) is 9.78 Å². The summed E-state index contributed by atoms with van der Waals surface area (Å²) in [5.74, 6) is 1.32. The van der Waals surface area contributed by atoms with Crippen LogP contribution in [0.25, 0.3) is 22.6 Å². The van der Waals surface area contributed by atoms with Crippen molar-refractivity contribution in [1.29, 1.82) is 0 Å². The SMILES string of the molecule is CCNC(=O)Nc1ccc([C@H]2O[C@@H](CSc3nc(-c4ccccc4)c(-c4ccccc4)o3)[C@@H](C)[C@@H](c3ccc(CO)cc3)O2)cc1. The second-order valence-corrected chi connectivity index (χ2v) is 12.1. The van der Waals surface area contributed by atoms with E-state index in [2.05, 4.69) is 17.6 Å². The average Bonchev–Trinajstić information content (AvgIpc) is 3.53. The lowest BCUT2D eigenvalue weighted by molar-refractivity contribution is -0.268. The summed E-state index contributed by atoms with van der Waals surface area (Å²) in [4.78, 5) is 16.9. The maximum atomic E-state index is 12.0. The first-order valence-electron chi connectivity index (χ1n) is 15.4. The van der Waals surface area contributed by atoms with Crippen molar-refractivity contribution in [2.75, 3.05) is 17.6 Å². The molecule has 1 aliphatic rings. The van der Waals surface area contributed by atoms with Crippen LogP contribution in [0.15, 0.2) is 119 Å². The van der Waals surface area contributed by atoms with E-state index in [4.69, 9.17) is 18.9 Å². The zero-order valence-corrected chi connectivity index (χ0v) is 26.6. The fraction of sp³-hybridized carbons (Fsp3) is 0.243. The van der Waals surface area contributed by atoms with Crippen LogP contribution in [0, 0.1) is 5.92 Å². The maximum absolute atomic E-state index is 12.0. The molecular weight excluding hydrogens is 598 g/mol. The van der Waals surface area contributed by atoms with Gasteiger partial charge in [-0.05, 0) is 30.2 Å². The number of benzene rings is 4. The van der Waals surface area contributed by atoms with E-state index in [0.717, 1.165) is 39.3 Å². The number of carbonyl (C=O) groups is 1. The van der Waals surface area contributed by atoms with Gasteiger partial charge in [-0.3, -0.25) is 0 Å². The van der Waals surface area contributed by atoms with Crippen LogP contribution in [0.5, 0.6) is 0 Å². The Bertz CT molecular complexity index is 1660. The molecular formula is C37H37N3O5S. The summed E-state index contributed by atoms with van der Waals surface area (Å²) in [5.41, 5.74) is 6.13. The molecule has 0 saturated carbocycles. The third kappa shape index (κ3) is 7.35. The number of hydrogen-bond acceptors (Lipinski definition) is 7. The van der Waals surface area contributed by atoms with Crippen LogP contribution in [-0.4, -0.2) is 34.5 Å². The maximum Gasteiger partial charge on any atom is 0.319 e. The number of thioether (sulfide) groups is 1. The minimum Gasteiger partial charge on any atom is -0.431 e. The Morgan fingerprint density at radius 2 is 1.50 bits per heavy atom. The van der Waals surface area contributed by atoms with E-state index in [9.17, 15) is 9.90 Å². The van der Waals surface area contributed by atoms with E-state index in [1.165, 1.54) is 11.8 Å². The van der Waals surface area contributed by atoms with Gasteiger partial charge in [0.15, 0.2) is 12.1 Å². The van der Waals surface area contributed by atoms with E-state index in [1.54, 1.807) is 0 Å². The van der Waals surface area contributed by atoms with Gasteiger partial charge in [0.1, 0.15) is 5.69 Å². The van der Waals surface area contributed by atoms with Crippen molar-refractivity contribution in [3.05, 3.63) is 126 Å². The van der Waals surface area contributed by atoms with Gasteiger partial charge in [0, 0.05) is 40.6 Å². The number of hydrogen-bond donors (Lipinski definition) is 3. The summed E-state index contributed by atoms with van der Waals surface area (Å²) in [6, 6.07) is 35.2. The first-order chi connectivity index (χ1) is 22.5. The van der Waals surface area contributed by atoms with Crippen LogP contribution < -0.4 is 10.6 Å². The summed E-state index contributed by atoms with van der Waals surface area (Å²) in [6.07, 6.45) is -1.09. The van der Waals surface area contributed by atoms with Crippen LogP contribution in [0.2, 0.25) is 0 Å². The highest BCUT2D eigenvalue weighted by atomic mass is 32.2. The van der Waals surface area contributed by atoms with Gasteiger partial charge < -0.3 is 29.6 Å². The number of aliphatic hydroxyl groups is 1. The molecule has 0 bridgehead atoms. The predicted octanol–water partition coefficient (Wildman–Crippen LogP) is 8.23. The number of nitrogens with zero attached hydrogens (tertiary/aromatic N) is 1. The standard InChI is InChI=1S/C37H37N3O5S/c1-3-38-36(42)39-30-20-18-29(19-21-30)35-43-31(24(2)33(44-35)28-16-14-25(22-41)15-17-28)23-46-37-40-32(26-10-6-4-7-11-26)34(45-37)27-12-8-5-9-13-27/h4-21,24,31,33,35,41H,3,22-23H2,1-2H3,(H2,38,39,42)/t24-,31+,33+,35+/m1/s1. The second-order valence-electron chi connectivity index (χ2n) is 11.1. The normalized spacial score (nSPS) is 19.5. The lowest BCUT2D eigenvalue weighted by atomic mass is 9.91. The van der Waals surface area contributed by atoms with Crippen LogP contribution in [0.1, 0.15) is 42.9 Å². The van der Waals surface area contributed by atoms with Crippen molar-refractivity contribution in [3.63, 3.8) is 0 Å². The van der Waals surface area contributed by atoms with Gasteiger partial charge >= 0.3 is 6.03 Å². The molecule has 0 unspecified atom stereocenters. The van der Waals surface area contributed by atoms with E-state index in [1.807, 2.05) is 116 Å². The van der Waals surface area contributed by atoms with E-state index < -0.39 is 6.29 Å². The molecule has 4 aromatic carbocycles. The predicted molar refractivity (Wildman–Crippen MR) is 180 cm³/mol. The quantitative estimate of drug-likeness (QED) is 0.133. The number of urea groups is 1. The first-order valence-corrected chi connectivity index (χ1v) is 16.4. The highest BCUT2D eigenvalue weighted by Gasteiger charge is 2.38. The van der Waals surface area contributed by atoms with Gasteiger partial charge in [0.25, 0.3) is 5.22 Å². The molecule has 0 aliphatic carbocycles. The van der Waals surface area contributed by atoms with E-state index >= 15 is 0 Å². The number of aromatic nitrogens is 1. The molecule has 1 aliphatic heterocycles. The molecule has 5 aromatic rings. The number of ether oxygens (including phenoxy) is 2. The van der Waals surface area contributed by atoms with Crippen LogP contribution >= 0.6 is 11.8 Å². The van der Waals surface area contributed by atoms with Crippen molar-refractivity contribution in [3.8, 4) is 22.6 Å². The van der Waals surface area contributed by atoms with Crippen molar-refractivity contribution in [2.45, 2.75) is 44.2 Å². The second kappa shape index (κ2) is 14.8. The van der Waals surface area contributed by atoms with Crippen molar-refractivity contribution in [2.24, 2.45) is 5.92 Å². The molecule has 2 heterocycles. The zero-order valence-electron chi connectivity index (χ0n) is 25.8. The Labute approximate surface area is 273 Å². The molecule has 2 amide bonds. The molecule has 1 saturated heterocycles. The topological polar surface area (TPSA) is 106 Å². The van der Waals surface area contributed by atoms with Gasteiger partial charge in [0.05, 0.1) is 18.8 Å². The Kier molecular flexibility index (Phi) is 10.1. The summed E-state index contributed by atoms with van der Waals surface area (Å²) < 4.78 is 19.6. The smallest absolute Gasteiger partial charge is 0.319 e. The summed E-state index contributed by atoms with van der Waals surface area (Å²) in [7, 11) is 0. The van der Waals surface area contributed by atoms with Gasteiger partial charge in [0.2, 0.25) is 0 Å². The zero-order chi connectivity index (χ0) is 31.9. The number of carbonyl (C=O) groups excluding carboxylic acids is 1. The number of amides is 2. The number of oxazole rings is 1. The highest BCUT2D eigenvalue weighted by molar-refractivity contribution is 7.99. The Morgan fingerprint density at radius 3 is 2.15 bits per heavy atom. The fourth-order valence-corrected chi connectivity index (χ4v) is 6.45. The third-order valence-electron chi connectivity index (χ3n) is 7.96. The van der Waals surface area contributed by atoms with Crippen LogP contribution in [0.3, 0.4) is 0 Å². The van der Waals surface area contributed by atoms with Crippen LogP contribution in [-0.2, 0) is 16.1 Å². The Balaban J connectivity index is 1.25. The lowest BCUT2D eigenvalue weighted by Crippen LogP contribution is -2.38. The average molecular weight is 636 g/mol. The van der Waals surface area contributed by atoms with E-state index in [-0.39, 0.29) is 30.8 Å². The largest absolute Gasteiger partial charge is 0.431 e. The molecule has 0 spiro atoms. The molecule has 236 valence electrons. The van der Waals surface area contributed by atoms with Crippen molar-refractivity contribution in [1.82, 2.24) is 10.3 Å². The molecule has 4 atom stereocenters. The lowest BCUT2D eigenvalue weighted by Gasteiger charge is -2.41. The number of anilines is 1. The van der Waals surface area contributed by atoms with Crippen molar-refractivity contribution >= 4 is 23.5 Å². The monoisotopic (exact) mass is 635 g/mol. The number of rotatable bonds is 10. The highest BCUT2D eigenvalue weighted by Crippen LogP contribution is 2.44. The molecule has 1 aromatic heterocycles. The summed E-state index contributed by atoms with van der Waals surface area (Å²) >= 11 is 1.52. The van der Waals surface area contributed by atoms with E-state index in [0.29, 0.717) is 23.2 Å². The number of aliphatic hydroxyl groups excluding tert-OH is 1. The minimum absolute atomic E-state index is 0.000411. The van der Waals surface area contributed by atoms with Gasteiger partial charge in [-0.2, -0.15) is 0 Å². The minimum atomic E-state index is -0.632. The molecule has 3 N–H and O–H groups in total. The Hall–Kier alpha value is -4.41. The first kappa shape index (κ1) is 31.6. The Morgan fingerprint density at radius 1 is 0.848 bits per heavy atom. The molecule has 8 nitrogen and oxygen atoms in total. The third-order valence-corrected chi connectivity index (χ3v) is 8.88. The summed E-state index contributed by atoms with van der Waals surface area (Å²) in [5, 5.41) is 15.7. The molecule has 0 radical (unpaired) electrons. The number of nitrogens with one attached hydrogen (secondary N) is 2. The van der Waals surface area contributed by atoms with Gasteiger partial charge in [-0.1, -0.05) is 116 Å². The summed E-state index contributed by atoms with van der Waals surface area (Å²) in [6.45, 7) is 4.53. The molecule has 46 heavy (non-hydrogen) atoms. The molecule has 6 rings (SSSR count). The molecule has 1 fully saturated rings. The van der Waals surface area contributed by atoms with Gasteiger partial charge in [-0.15, -0.1) is 0 Å².